The van der Waals surface area contributed by atoms with E-state index in [4.69, 9.17) is 19.7 Å². The van der Waals surface area contributed by atoms with Gasteiger partial charge < -0.3 is 19.7 Å². The Hall–Kier alpha value is -1.14. The number of hydrogen-bond acceptors (Lipinski definition) is 4. The molecule has 2 N–H and O–H groups in total. The highest BCUT2D eigenvalue weighted by atomic mass is 16.6. The summed E-state index contributed by atoms with van der Waals surface area (Å²) in [5, 5.41) is 17.1. The van der Waals surface area contributed by atoms with E-state index in [1.807, 2.05) is 0 Å². The molecule has 0 unspecified atom stereocenters. The van der Waals surface area contributed by atoms with Gasteiger partial charge in [0.15, 0.2) is 0 Å². The second-order valence-electron chi connectivity index (χ2n) is 5.06. The van der Waals surface area contributed by atoms with Crippen molar-refractivity contribution in [1.82, 2.24) is 0 Å². The van der Waals surface area contributed by atoms with E-state index in [-0.39, 0.29) is 13.0 Å². The smallest absolute Gasteiger partial charge is 0.329 e. The van der Waals surface area contributed by atoms with Crippen LogP contribution in [-0.4, -0.2) is 46.6 Å². The van der Waals surface area contributed by atoms with Gasteiger partial charge in [-0.1, -0.05) is 0 Å². The topological polar surface area (TPSA) is 93.1 Å². The molecular weight excluding hydrogens is 228 g/mol. The van der Waals surface area contributed by atoms with Crippen LogP contribution in [0, 0.1) is 0 Å². The van der Waals surface area contributed by atoms with Crippen molar-refractivity contribution in [2.24, 2.45) is 0 Å². The fraction of sp³-hybridized carbons (Fsp3) is 0.818. The van der Waals surface area contributed by atoms with Crippen molar-refractivity contribution in [3.05, 3.63) is 0 Å². The highest BCUT2D eigenvalue weighted by Crippen LogP contribution is 2.19. The van der Waals surface area contributed by atoms with Crippen LogP contribution in [-0.2, 0) is 19.1 Å². The van der Waals surface area contributed by atoms with Crippen molar-refractivity contribution in [2.75, 3.05) is 13.2 Å². The van der Waals surface area contributed by atoms with Crippen molar-refractivity contribution < 1.29 is 29.3 Å². The largest absolute Gasteiger partial charge is 0.481 e. The first-order valence-corrected chi connectivity index (χ1v) is 5.26. The average Bonchev–Trinajstić information content (AvgIpc) is 2.10. The Balaban J connectivity index is 4.15. The molecule has 0 aromatic rings. The maximum Gasteiger partial charge on any atom is 0.329 e. The molecule has 100 valence electrons. The van der Waals surface area contributed by atoms with Gasteiger partial charge in [-0.25, -0.2) is 4.79 Å². The monoisotopic (exact) mass is 248 g/mol. The van der Waals surface area contributed by atoms with E-state index in [2.05, 4.69) is 0 Å². The molecule has 0 spiro atoms. The van der Waals surface area contributed by atoms with E-state index in [1.54, 1.807) is 27.7 Å². The molecule has 0 heterocycles. The Bertz CT molecular complexity index is 282. The Morgan fingerprint density at radius 1 is 0.941 bits per heavy atom. The third-order valence-electron chi connectivity index (χ3n) is 1.97. The lowest BCUT2D eigenvalue weighted by Crippen LogP contribution is -2.38. The van der Waals surface area contributed by atoms with Gasteiger partial charge in [0.25, 0.3) is 0 Å². The molecule has 0 aromatic heterocycles. The molecule has 0 radical (unpaired) electrons. The molecule has 0 amide bonds. The van der Waals surface area contributed by atoms with Gasteiger partial charge in [0, 0.05) is 0 Å². The van der Waals surface area contributed by atoms with Gasteiger partial charge in [0.2, 0.25) is 0 Å². The molecule has 0 rings (SSSR count). The van der Waals surface area contributed by atoms with E-state index < -0.39 is 29.7 Å². The fourth-order valence-electron chi connectivity index (χ4n) is 1.08. The van der Waals surface area contributed by atoms with Crippen molar-refractivity contribution >= 4 is 11.9 Å². The molecule has 6 heteroatoms. The maximum absolute atomic E-state index is 10.6. The summed E-state index contributed by atoms with van der Waals surface area (Å²) in [6, 6.07) is 0. The lowest BCUT2D eigenvalue weighted by Gasteiger charge is -2.30. The molecule has 0 aliphatic carbocycles. The highest BCUT2D eigenvalue weighted by molar-refractivity contribution is 5.68. The number of carbonyl (C=O) groups is 2. The predicted octanol–water partition coefficient (Wildman–Crippen LogP) is 1.14. The zero-order chi connectivity index (χ0) is 13.7. The van der Waals surface area contributed by atoms with E-state index in [0.717, 1.165) is 0 Å². The second kappa shape index (κ2) is 5.97. The Morgan fingerprint density at radius 3 is 1.88 bits per heavy atom. The SMILES string of the molecule is CC(C)(COC(C)(C)CC(=O)O)OCC(=O)O. The van der Waals surface area contributed by atoms with Gasteiger partial charge in [0.1, 0.15) is 6.61 Å². The number of ether oxygens (including phenoxy) is 2. The van der Waals surface area contributed by atoms with Gasteiger partial charge >= 0.3 is 11.9 Å². The summed E-state index contributed by atoms with van der Waals surface area (Å²) in [7, 11) is 0. The molecule has 0 saturated carbocycles. The van der Waals surface area contributed by atoms with Gasteiger partial charge in [-0.2, -0.15) is 0 Å². The van der Waals surface area contributed by atoms with Crippen molar-refractivity contribution in [3.63, 3.8) is 0 Å². The van der Waals surface area contributed by atoms with E-state index in [0.29, 0.717) is 0 Å². The number of carboxylic acid groups (broad SMARTS) is 2. The highest BCUT2D eigenvalue weighted by Gasteiger charge is 2.28. The Morgan fingerprint density at radius 2 is 1.47 bits per heavy atom. The van der Waals surface area contributed by atoms with Crippen molar-refractivity contribution in [3.8, 4) is 0 Å². The van der Waals surface area contributed by atoms with Crippen LogP contribution in [0.1, 0.15) is 34.1 Å². The fourth-order valence-corrected chi connectivity index (χ4v) is 1.08. The molecule has 0 atom stereocenters. The summed E-state index contributed by atoms with van der Waals surface area (Å²) in [4.78, 5) is 20.9. The number of hydrogen-bond donors (Lipinski definition) is 2. The standard InChI is InChI=1S/C11H20O6/c1-10(2,5-8(12)13)17-7-11(3,4)16-6-9(14)15/h5-7H2,1-4H3,(H,12,13)(H,14,15). The lowest BCUT2D eigenvalue weighted by molar-refractivity contribution is -0.160. The maximum atomic E-state index is 10.6. The lowest BCUT2D eigenvalue weighted by atomic mass is 10.0. The third-order valence-corrected chi connectivity index (χ3v) is 1.97. The number of rotatable bonds is 8. The average molecular weight is 248 g/mol. The Kier molecular flexibility index (Phi) is 5.57. The van der Waals surface area contributed by atoms with Crippen molar-refractivity contribution in [1.29, 1.82) is 0 Å². The summed E-state index contributed by atoms with van der Waals surface area (Å²) >= 11 is 0. The van der Waals surface area contributed by atoms with Crippen LogP contribution in [0.5, 0.6) is 0 Å². The second-order valence-corrected chi connectivity index (χ2v) is 5.06. The van der Waals surface area contributed by atoms with Crippen LogP contribution in [0.4, 0.5) is 0 Å². The first kappa shape index (κ1) is 15.9. The molecule has 6 nitrogen and oxygen atoms in total. The minimum Gasteiger partial charge on any atom is -0.481 e. The normalized spacial score (nSPS) is 12.5. The van der Waals surface area contributed by atoms with Crippen LogP contribution < -0.4 is 0 Å². The molecule has 0 fully saturated rings. The molecule has 0 bridgehead atoms. The quantitative estimate of drug-likeness (QED) is 0.669. The molecule has 0 saturated heterocycles. The zero-order valence-electron chi connectivity index (χ0n) is 10.6. The number of aliphatic carboxylic acids is 2. The summed E-state index contributed by atoms with van der Waals surface area (Å²) < 4.78 is 10.6. The minimum atomic E-state index is -1.05. The number of carboxylic acids is 2. The first-order chi connectivity index (χ1) is 7.54. The Labute approximate surface area is 101 Å². The molecule has 0 aliphatic rings. The summed E-state index contributed by atoms with van der Waals surface area (Å²) in [5.74, 6) is -2.00. The third kappa shape index (κ3) is 8.65. The summed E-state index contributed by atoms with van der Waals surface area (Å²) in [6.45, 7) is 6.42. The van der Waals surface area contributed by atoms with Crippen LogP contribution in [0.15, 0.2) is 0 Å². The van der Waals surface area contributed by atoms with Gasteiger partial charge in [0.05, 0.1) is 24.2 Å². The van der Waals surface area contributed by atoms with Gasteiger partial charge in [-0.05, 0) is 27.7 Å². The van der Waals surface area contributed by atoms with Crippen LogP contribution in [0.2, 0.25) is 0 Å². The molecule has 0 aromatic carbocycles. The molecular formula is C11H20O6. The van der Waals surface area contributed by atoms with Crippen LogP contribution >= 0.6 is 0 Å². The van der Waals surface area contributed by atoms with Crippen LogP contribution in [0.3, 0.4) is 0 Å². The van der Waals surface area contributed by atoms with Gasteiger partial charge in [-0.3, -0.25) is 4.79 Å². The van der Waals surface area contributed by atoms with Crippen LogP contribution in [0.25, 0.3) is 0 Å². The van der Waals surface area contributed by atoms with Gasteiger partial charge in [-0.15, -0.1) is 0 Å². The van der Waals surface area contributed by atoms with E-state index in [9.17, 15) is 9.59 Å². The summed E-state index contributed by atoms with van der Waals surface area (Å²) in [5.41, 5.74) is -1.58. The minimum absolute atomic E-state index is 0.123. The van der Waals surface area contributed by atoms with E-state index >= 15 is 0 Å². The molecule has 0 aliphatic heterocycles. The molecule has 17 heavy (non-hydrogen) atoms. The van der Waals surface area contributed by atoms with E-state index in [1.165, 1.54) is 0 Å². The predicted molar refractivity (Wildman–Crippen MR) is 60.0 cm³/mol. The zero-order valence-corrected chi connectivity index (χ0v) is 10.6. The first-order valence-electron chi connectivity index (χ1n) is 5.26. The summed E-state index contributed by atoms with van der Waals surface area (Å²) in [6.07, 6.45) is -0.123. The van der Waals surface area contributed by atoms with Crippen molar-refractivity contribution in [2.45, 2.75) is 45.3 Å².